The van der Waals surface area contributed by atoms with Crippen molar-refractivity contribution in [1.29, 1.82) is 0 Å². The van der Waals surface area contributed by atoms with E-state index in [-0.39, 0.29) is 16.5 Å². The van der Waals surface area contributed by atoms with Crippen LogP contribution in [0.3, 0.4) is 0 Å². The molecule has 1 aliphatic rings. The summed E-state index contributed by atoms with van der Waals surface area (Å²) in [4.78, 5) is 12.8. The second-order valence-electron chi connectivity index (χ2n) is 8.93. The average Bonchev–Trinajstić information content (AvgIpc) is 3.32. The first-order valence-electron chi connectivity index (χ1n) is 11.7. The predicted octanol–water partition coefficient (Wildman–Crippen LogP) is 4.28. The van der Waals surface area contributed by atoms with E-state index in [0.29, 0.717) is 31.8 Å². The monoisotopic (exact) mass is 502 g/mol. The lowest BCUT2D eigenvalue weighted by Gasteiger charge is -2.28. The van der Waals surface area contributed by atoms with Crippen molar-refractivity contribution in [3.05, 3.63) is 106 Å². The lowest BCUT2D eigenvalue weighted by molar-refractivity contribution is 0.102. The minimum absolute atomic E-state index is 0.0116. The quantitative estimate of drug-likeness (QED) is 0.422. The van der Waals surface area contributed by atoms with Gasteiger partial charge >= 0.3 is 6.01 Å². The molecule has 1 N–H and O–H groups in total. The summed E-state index contributed by atoms with van der Waals surface area (Å²) in [6.45, 7) is 4.85. The van der Waals surface area contributed by atoms with Crippen molar-refractivity contribution in [3.8, 4) is 0 Å². The molecule has 0 atom stereocenters. The fourth-order valence-electron chi connectivity index (χ4n) is 4.24. The molecule has 9 heteroatoms. The van der Waals surface area contributed by atoms with Crippen molar-refractivity contribution in [3.63, 3.8) is 0 Å². The average molecular weight is 503 g/mol. The number of anilines is 1. The molecule has 0 saturated carbocycles. The lowest BCUT2D eigenvalue weighted by atomic mass is 10.0. The van der Waals surface area contributed by atoms with Gasteiger partial charge in [0.15, 0.2) is 0 Å². The van der Waals surface area contributed by atoms with Crippen molar-refractivity contribution in [1.82, 2.24) is 14.5 Å². The molecule has 4 aromatic rings. The number of rotatable bonds is 6. The molecule has 0 bridgehead atoms. The van der Waals surface area contributed by atoms with Gasteiger partial charge in [0.05, 0.1) is 11.3 Å². The maximum atomic E-state index is 13.2. The first-order valence-corrected chi connectivity index (χ1v) is 13.1. The molecular formula is C27H26N4O4S. The van der Waals surface area contributed by atoms with Gasteiger partial charge in [-0.2, -0.15) is 4.31 Å². The Balaban J connectivity index is 1.24. The highest BCUT2D eigenvalue weighted by molar-refractivity contribution is 7.89. The number of hydrogen-bond acceptors (Lipinski definition) is 6. The van der Waals surface area contributed by atoms with E-state index in [4.69, 9.17) is 4.42 Å². The zero-order chi connectivity index (χ0) is 25.3. The summed E-state index contributed by atoms with van der Waals surface area (Å²) in [5.74, 6) is -0.0784. The smallest absolute Gasteiger partial charge is 0.322 e. The van der Waals surface area contributed by atoms with Crippen LogP contribution in [0.2, 0.25) is 0 Å². The minimum Gasteiger partial charge on any atom is -0.407 e. The predicted molar refractivity (Wildman–Crippen MR) is 135 cm³/mol. The van der Waals surface area contributed by atoms with Crippen LogP contribution in [-0.4, -0.2) is 35.4 Å². The van der Waals surface area contributed by atoms with E-state index in [1.54, 1.807) is 0 Å². The molecule has 8 nitrogen and oxygen atoms in total. The maximum absolute atomic E-state index is 13.2. The Morgan fingerprint density at radius 3 is 2.47 bits per heavy atom. The van der Waals surface area contributed by atoms with Crippen LogP contribution in [0.15, 0.2) is 76.0 Å². The Morgan fingerprint density at radius 2 is 1.72 bits per heavy atom. The molecule has 0 aliphatic carbocycles. The standard InChI is InChI=1S/C27H26N4O4S/c1-18-7-8-20(15-19(18)2)16-25-29-30-27(35-25)28-26(32)22-9-11-24(12-10-22)36(33,34)31-14-13-21-5-3-4-6-23(21)17-31/h3-12,15H,13-14,16-17H2,1-2H3,(H,28,30,32). The maximum Gasteiger partial charge on any atom is 0.322 e. The van der Waals surface area contributed by atoms with E-state index in [9.17, 15) is 13.2 Å². The zero-order valence-electron chi connectivity index (χ0n) is 20.1. The van der Waals surface area contributed by atoms with Crippen LogP contribution in [0.5, 0.6) is 0 Å². The Bertz CT molecular complexity index is 1530. The van der Waals surface area contributed by atoms with Crippen molar-refractivity contribution >= 4 is 21.9 Å². The number of carbonyl (C=O) groups is 1. The van der Waals surface area contributed by atoms with E-state index in [2.05, 4.69) is 21.6 Å². The third-order valence-corrected chi connectivity index (χ3v) is 8.32. The second-order valence-corrected chi connectivity index (χ2v) is 10.9. The third-order valence-electron chi connectivity index (χ3n) is 6.46. The Kier molecular flexibility index (Phi) is 6.42. The van der Waals surface area contributed by atoms with Gasteiger partial charge in [0.1, 0.15) is 0 Å². The van der Waals surface area contributed by atoms with Crippen molar-refractivity contribution < 1.29 is 17.6 Å². The molecular weight excluding hydrogens is 476 g/mol. The minimum atomic E-state index is -3.68. The molecule has 1 aromatic heterocycles. The first-order chi connectivity index (χ1) is 17.3. The van der Waals surface area contributed by atoms with E-state index >= 15 is 0 Å². The molecule has 1 aliphatic heterocycles. The van der Waals surface area contributed by atoms with E-state index in [1.165, 1.54) is 45.3 Å². The van der Waals surface area contributed by atoms with Crippen LogP contribution in [0, 0.1) is 13.8 Å². The molecule has 0 saturated heterocycles. The molecule has 0 spiro atoms. The highest BCUT2D eigenvalue weighted by Gasteiger charge is 2.28. The Labute approximate surface area is 210 Å². The molecule has 1 amide bonds. The van der Waals surface area contributed by atoms with Crippen molar-refractivity contribution in [2.45, 2.75) is 38.1 Å². The number of benzene rings is 3. The third kappa shape index (κ3) is 4.93. The van der Waals surface area contributed by atoms with E-state index in [1.807, 2.05) is 50.2 Å². The van der Waals surface area contributed by atoms with Crippen LogP contribution in [-0.2, 0) is 29.4 Å². The van der Waals surface area contributed by atoms with Gasteiger partial charge in [-0.1, -0.05) is 47.6 Å². The number of hydrogen-bond donors (Lipinski definition) is 1. The van der Waals surface area contributed by atoms with Crippen molar-refractivity contribution in [2.24, 2.45) is 0 Å². The normalized spacial score (nSPS) is 13.8. The Morgan fingerprint density at radius 1 is 0.972 bits per heavy atom. The molecule has 0 unspecified atom stereocenters. The van der Waals surface area contributed by atoms with Gasteiger partial charge in [-0.15, -0.1) is 5.10 Å². The molecule has 184 valence electrons. The largest absolute Gasteiger partial charge is 0.407 e. The first kappa shape index (κ1) is 23.9. The molecule has 0 fully saturated rings. The SMILES string of the molecule is Cc1ccc(Cc2nnc(NC(=O)c3ccc(S(=O)(=O)N4CCc5ccccc5C4)cc3)o2)cc1C. The van der Waals surface area contributed by atoms with Crippen LogP contribution in [0.25, 0.3) is 0 Å². The zero-order valence-corrected chi connectivity index (χ0v) is 20.9. The second kappa shape index (κ2) is 9.67. The van der Waals surface area contributed by atoms with E-state index in [0.717, 1.165) is 11.1 Å². The summed E-state index contributed by atoms with van der Waals surface area (Å²) in [5.41, 5.74) is 5.89. The molecule has 3 aromatic carbocycles. The number of aromatic nitrogens is 2. The molecule has 36 heavy (non-hydrogen) atoms. The summed E-state index contributed by atoms with van der Waals surface area (Å²) in [7, 11) is -3.68. The van der Waals surface area contributed by atoms with Crippen LogP contribution in [0.1, 0.15) is 44.1 Å². The van der Waals surface area contributed by atoms with Crippen LogP contribution in [0.4, 0.5) is 6.01 Å². The topological polar surface area (TPSA) is 105 Å². The van der Waals surface area contributed by atoms with Gasteiger partial charge in [-0.3, -0.25) is 10.1 Å². The fraction of sp³-hybridized carbons (Fsp3) is 0.222. The summed E-state index contributed by atoms with van der Waals surface area (Å²) in [6.07, 6.45) is 1.13. The Hall–Kier alpha value is -3.82. The summed E-state index contributed by atoms with van der Waals surface area (Å²) >= 11 is 0. The lowest BCUT2D eigenvalue weighted by Crippen LogP contribution is -2.35. The number of nitrogens with zero attached hydrogens (tertiary/aromatic N) is 3. The van der Waals surface area contributed by atoms with Crippen molar-refractivity contribution in [2.75, 3.05) is 11.9 Å². The summed E-state index contributed by atoms with van der Waals surface area (Å²) < 4.78 is 33.4. The van der Waals surface area contributed by atoms with Gasteiger partial charge in [0, 0.05) is 18.7 Å². The molecule has 5 rings (SSSR count). The summed E-state index contributed by atoms with van der Waals surface area (Å²) in [5, 5.41) is 10.5. The van der Waals surface area contributed by atoms with Gasteiger partial charge in [-0.05, 0) is 72.4 Å². The van der Waals surface area contributed by atoms with Gasteiger partial charge in [-0.25, -0.2) is 8.42 Å². The number of carbonyl (C=O) groups excluding carboxylic acids is 1. The number of fused-ring (bicyclic) bond motifs is 1. The number of amides is 1. The van der Waals surface area contributed by atoms with Gasteiger partial charge in [0.25, 0.3) is 5.91 Å². The van der Waals surface area contributed by atoms with Gasteiger partial charge in [0.2, 0.25) is 15.9 Å². The number of nitrogens with one attached hydrogen (secondary N) is 1. The highest BCUT2D eigenvalue weighted by Crippen LogP contribution is 2.25. The highest BCUT2D eigenvalue weighted by atomic mass is 32.2. The molecule has 2 heterocycles. The van der Waals surface area contributed by atoms with Gasteiger partial charge < -0.3 is 4.42 Å². The fourth-order valence-corrected chi connectivity index (χ4v) is 5.65. The van der Waals surface area contributed by atoms with Crippen LogP contribution >= 0.6 is 0 Å². The number of sulfonamides is 1. The molecule has 0 radical (unpaired) electrons. The number of aryl methyl sites for hydroxylation is 2. The summed E-state index contributed by atoms with van der Waals surface area (Å²) in [6, 6.07) is 19.8. The van der Waals surface area contributed by atoms with Crippen LogP contribution < -0.4 is 5.32 Å². The van der Waals surface area contributed by atoms with E-state index < -0.39 is 15.9 Å².